The standard InChI is InChI=1S/C13H16Br2N4/c1-3-4-19-13(11(15)8-18-19)12(16-2)9-5-10(14)7-17-6-9/h5-8,12,16H,3-4H2,1-2H3. The molecular formula is C13H16Br2N4. The summed E-state index contributed by atoms with van der Waals surface area (Å²) in [5.74, 6) is 0. The molecule has 6 heteroatoms. The van der Waals surface area contributed by atoms with Gasteiger partial charge in [-0.05, 0) is 57.0 Å². The molecule has 1 atom stereocenters. The molecule has 2 aromatic heterocycles. The highest BCUT2D eigenvalue weighted by atomic mass is 79.9. The van der Waals surface area contributed by atoms with Gasteiger partial charge in [0.15, 0.2) is 0 Å². The maximum absolute atomic E-state index is 4.42. The predicted octanol–water partition coefficient (Wildman–Crippen LogP) is 3.52. The second kappa shape index (κ2) is 6.63. The second-order valence-corrected chi connectivity index (χ2v) is 6.03. The van der Waals surface area contributed by atoms with Crippen LogP contribution in [0, 0.1) is 0 Å². The van der Waals surface area contributed by atoms with Crippen molar-refractivity contribution in [3.8, 4) is 0 Å². The SMILES string of the molecule is CCCn1ncc(Br)c1C(NC)c1cncc(Br)c1. The Bertz CT molecular complexity index is 553. The average Bonchev–Trinajstić information content (AvgIpc) is 2.74. The molecule has 0 aliphatic carbocycles. The van der Waals surface area contributed by atoms with E-state index in [0.717, 1.165) is 33.2 Å². The largest absolute Gasteiger partial charge is 0.308 e. The highest BCUT2D eigenvalue weighted by molar-refractivity contribution is 9.10. The van der Waals surface area contributed by atoms with Crippen LogP contribution < -0.4 is 5.32 Å². The Morgan fingerprint density at radius 1 is 1.32 bits per heavy atom. The molecule has 19 heavy (non-hydrogen) atoms. The molecule has 1 unspecified atom stereocenters. The van der Waals surface area contributed by atoms with Crippen LogP contribution in [0.1, 0.15) is 30.6 Å². The Morgan fingerprint density at radius 3 is 2.74 bits per heavy atom. The van der Waals surface area contributed by atoms with E-state index >= 15 is 0 Å². The summed E-state index contributed by atoms with van der Waals surface area (Å²) in [6.07, 6.45) is 6.56. The van der Waals surface area contributed by atoms with Gasteiger partial charge in [0.25, 0.3) is 0 Å². The van der Waals surface area contributed by atoms with E-state index in [-0.39, 0.29) is 6.04 Å². The summed E-state index contributed by atoms with van der Waals surface area (Å²) in [5.41, 5.74) is 2.24. The molecule has 0 amide bonds. The monoisotopic (exact) mass is 386 g/mol. The lowest BCUT2D eigenvalue weighted by atomic mass is 10.1. The number of nitrogens with one attached hydrogen (secondary N) is 1. The fourth-order valence-electron chi connectivity index (χ4n) is 2.10. The molecule has 0 fully saturated rings. The summed E-state index contributed by atoms with van der Waals surface area (Å²) in [5, 5.41) is 7.76. The first-order chi connectivity index (χ1) is 9.17. The summed E-state index contributed by atoms with van der Waals surface area (Å²) < 4.78 is 4.02. The van der Waals surface area contributed by atoms with Gasteiger partial charge in [-0.25, -0.2) is 0 Å². The maximum Gasteiger partial charge on any atom is 0.0772 e. The number of halogens is 2. The zero-order valence-corrected chi connectivity index (χ0v) is 14.1. The summed E-state index contributed by atoms with van der Waals surface area (Å²) in [6.45, 7) is 3.05. The minimum Gasteiger partial charge on any atom is -0.308 e. The topological polar surface area (TPSA) is 42.7 Å². The van der Waals surface area contributed by atoms with Crippen LogP contribution >= 0.6 is 31.9 Å². The lowest BCUT2D eigenvalue weighted by Gasteiger charge is -2.19. The molecule has 4 nitrogen and oxygen atoms in total. The van der Waals surface area contributed by atoms with Crippen molar-refractivity contribution in [2.45, 2.75) is 25.9 Å². The lowest BCUT2D eigenvalue weighted by Crippen LogP contribution is -2.22. The van der Waals surface area contributed by atoms with Crippen LogP contribution in [0.3, 0.4) is 0 Å². The highest BCUT2D eigenvalue weighted by Gasteiger charge is 2.20. The molecule has 0 spiro atoms. The van der Waals surface area contributed by atoms with E-state index in [1.807, 2.05) is 24.1 Å². The van der Waals surface area contributed by atoms with Crippen LogP contribution in [0.2, 0.25) is 0 Å². The van der Waals surface area contributed by atoms with E-state index in [0.29, 0.717) is 0 Å². The first-order valence-corrected chi connectivity index (χ1v) is 7.74. The zero-order valence-electron chi connectivity index (χ0n) is 10.9. The van der Waals surface area contributed by atoms with Crippen molar-refractivity contribution in [2.24, 2.45) is 0 Å². The third kappa shape index (κ3) is 3.24. The number of nitrogens with zero attached hydrogens (tertiary/aromatic N) is 3. The number of pyridine rings is 1. The summed E-state index contributed by atoms with van der Waals surface area (Å²) in [6, 6.07) is 2.14. The van der Waals surface area contributed by atoms with E-state index in [1.165, 1.54) is 0 Å². The van der Waals surface area contributed by atoms with Crippen molar-refractivity contribution in [3.05, 3.63) is 44.9 Å². The van der Waals surface area contributed by atoms with Crippen molar-refractivity contribution in [3.63, 3.8) is 0 Å². The average molecular weight is 388 g/mol. The van der Waals surface area contributed by atoms with Crippen molar-refractivity contribution < 1.29 is 0 Å². The Kier molecular flexibility index (Phi) is 5.13. The smallest absolute Gasteiger partial charge is 0.0772 e. The fraction of sp³-hybridized carbons (Fsp3) is 0.385. The van der Waals surface area contributed by atoms with Gasteiger partial charge in [-0.2, -0.15) is 5.10 Å². The Hall–Kier alpha value is -0.720. The molecule has 0 aliphatic heterocycles. The number of aromatic nitrogens is 3. The highest BCUT2D eigenvalue weighted by Crippen LogP contribution is 2.29. The maximum atomic E-state index is 4.42. The van der Waals surface area contributed by atoms with E-state index < -0.39 is 0 Å². The van der Waals surface area contributed by atoms with Gasteiger partial charge in [0, 0.05) is 23.4 Å². The molecule has 0 aromatic carbocycles. The minimum absolute atomic E-state index is 0.0634. The van der Waals surface area contributed by atoms with Crippen molar-refractivity contribution in [1.29, 1.82) is 0 Å². The van der Waals surface area contributed by atoms with Gasteiger partial charge in [0.05, 0.1) is 22.4 Å². The summed E-state index contributed by atoms with van der Waals surface area (Å²) >= 11 is 7.06. The Labute approximate surface area is 129 Å². The van der Waals surface area contributed by atoms with Gasteiger partial charge >= 0.3 is 0 Å². The number of hydrogen-bond donors (Lipinski definition) is 1. The van der Waals surface area contributed by atoms with E-state index in [4.69, 9.17) is 0 Å². The van der Waals surface area contributed by atoms with E-state index in [2.05, 4.69) is 60.2 Å². The predicted molar refractivity (Wildman–Crippen MR) is 83.1 cm³/mol. The van der Waals surface area contributed by atoms with Crippen LogP contribution in [0.15, 0.2) is 33.6 Å². The lowest BCUT2D eigenvalue weighted by molar-refractivity contribution is 0.532. The molecule has 0 bridgehead atoms. The normalized spacial score (nSPS) is 12.6. The van der Waals surface area contributed by atoms with Crippen LogP contribution in [-0.2, 0) is 6.54 Å². The number of rotatable bonds is 5. The van der Waals surface area contributed by atoms with Crippen molar-refractivity contribution in [2.75, 3.05) is 7.05 Å². The Morgan fingerprint density at radius 2 is 2.11 bits per heavy atom. The first-order valence-electron chi connectivity index (χ1n) is 6.16. The van der Waals surface area contributed by atoms with Gasteiger partial charge < -0.3 is 5.32 Å². The second-order valence-electron chi connectivity index (χ2n) is 4.26. The Balaban J connectivity index is 2.44. The van der Waals surface area contributed by atoms with E-state index in [1.54, 1.807) is 6.20 Å². The van der Waals surface area contributed by atoms with Crippen LogP contribution in [0.25, 0.3) is 0 Å². The molecular weight excluding hydrogens is 372 g/mol. The van der Waals surface area contributed by atoms with Gasteiger partial charge in [0.2, 0.25) is 0 Å². The zero-order chi connectivity index (χ0) is 13.8. The molecule has 2 heterocycles. The molecule has 0 aliphatic rings. The van der Waals surface area contributed by atoms with Crippen LogP contribution in [0.5, 0.6) is 0 Å². The molecule has 2 aromatic rings. The number of aryl methyl sites for hydroxylation is 1. The quantitative estimate of drug-likeness (QED) is 0.853. The third-order valence-electron chi connectivity index (χ3n) is 2.89. The fourth-order valence-corrected chi connectivity index (χ4v) is 3.00. The van der Waals surface area contributed by atoms with Gasteiger partial charge in [-0.3, -0.25) is 9.67 Å². The van der Waals surface area contributed by atoms with Gasteiger partial charge in [0.1, 0.15) is 0 Å². The van der Waals surface area contributed by atoms with Gasteiger partial charge in [-0.15, -0.1) is 0 Å². The first kappa shape index (κ1) is 14.7. The summed E-state index contributed by atoms with van der Waals surface area (Å²) in [7, 11) is 1.95. The number of hydrogen-bond acceptors (Lipinski definition) is 3. The molecule has 0 radical (unpaired) electrons. The molecule has 2 rings (SSSR count). The molecule has 102 valence electrons. The molecule has 1 N–H and O–H groups in total. The summed E-state index contributed by atoms with van der Waals surface area (Å²) in [4.78, 5) is 4.24. The van der Waals surface area contributed by atoms with Crippen LogP contribution in [0.4, 0.5) is 0 Å². The molecule has 0 saturated carbocycles. The van der Waals surface area contributed by atoms with Gasteiger partial charge in [-0.1, -0.05) is 6.92 Å². The van der Waals surface area contributed by atoms with E-state index in [9.17, 15) is 0 Å². The van der Waals surface area contributed by atoms with Crippen LogP contribution in [-0.4, -0.2) is 21.8 Å². The van der Waals surface area contributed by atoms with Crippen molar-refractivity contribution in [1.82, 2.24) is 20.1 Å². The van der Waals surface area contributed by atoms with Crippen molar-refractivity contribution >= 4 is 31.9 Å². The minimum atomic E-state index is 0.0634. The third-order valence-corrected chi connectivity index (χ3v) is 3.93. The molecule has 0 saturated heterocycles.